The van der Waals surface area contributed by atoms with Crippen LogP contribution in [0.1, 0.15) is 57.9 Å². The summed E-state index contributed by atoms with van der Waals surface area (Å²) in [5.41, 5.74) is 4.18. The molecule has 0 aromatic heterocycles. The van der Waals surface area contributed by atoms with Gasteiger partial charge in [0.25, 0.3) is 0 Å². The highest BCUT2D eigenvalue weighted by Crippen LogP contribution is 2.40. The quantitative estimate of drug-likeness (QED) is 0.500. The van der Waals surface area contributed by atoms with E-state index in [-0.39, 0.29) is 29.6 Å². The van der Waals surface area contributed by atoms with Crippen molar-refractivity contribution in [3.63, 3.8) is 0 Å². The van der Waals surface area contributed by atoms with Crippen molar-refractivity contribution >= 4 is 5.97 Å². The van der Waals surface area contributed by atoms with Gasteiger partial charge >= 0.3 is 5.97 Å². The van der Waals surface area contributed by atoms with Crippen LogP contribution in [0.3, 0.4) is 0 Å². The minimum Gasteiger partial charge on any atom is -0.494 e. The van der Waals surface area contributed by atoms with Crippen molar-refractivity contribution in [3.05, 3.63) is 94.3 Å². The molecule has 3 aromatic rings. The van der Waals surface area contributed by atoms with Crippen LogP contribution < -0.4 is 14.8 Å². The van der Waals surface area contributed by atoms with Gasteiger partial charge in [-0.3, -0.25) is 0 Å². The monoisotopic (exact) mass is 449 g/mol. The van der Waals surface area contributed by atoms with Gasteiger partial charge in [0.15, 0.2) is 11.6 Å². The second kappa shape index (κ2) is 9.63. The maximum Gasteiger partial charge on any atom is 0.335 e. The van der Waals surface area contributed by atoms with Gasteiger partial charge in [0.2, 0.25) is 0 Å². The Morgan fingerprint density at radius 2 is 2.00 bits per heavy atom. The van der Waals surface area contributed by atoms with Crippen LogP contribution in [0, 0.1) is 12.7 Å². The fourth-order valence-electron chi connectivity index (χ4n) is 4.45. The van der Waals surface area contributed by atoms with Crippen LogP contribution in [0.4, 0.5) is 4.39 Å². The van der Waals surface area contributed by atoms with Crippen molar-refractivity contribution in [2.75, 3.05) is 13.7 Å². The number of hydrogen-bond acceptors (Lipinski definition) is 4. The normalized spacial score (nSPS) is 18.2. The van der Waals surface area contributed by atoms with Crippen LogP contribution in [0.25, 0.3) is 0 Å². The first-order chi connectivity index (χ1) is 15.9. The summed E-state index contributed by atoms with van der Waals surface area (Å²) in [6, 6.07) is 18.4. The Bertz CT molecular complexity index is 1160. The molecule has 0 saturated heterocycles. The van der Waals surface area contributed by atoms with Gasteiger partial charge in [0, 0.05) is 24.1 Å². The van der Waals surface area contributed by atoms with E-state index < -0.39 is 5.97 Å². The van der Waals surface area contributed by atoms with Crippen LogP contribution in [0.2, 0.25) is 0 Å². The summed E-state index contributed by atoms with van der Waals surface area (Å²) in [6.07, 6.45) is 0.684. The number of fused-ring (bicyclic) bond motifs is 1. The molecule has 4 rings (SSSR count). The Hall–Kier alpha value is -3.38. The van der Waals surface area contributed by atoms with Crippen molar-refractivity contribution in [2.45, 2.75) is 38.3 Å². The number of carboxylic acid groups (broad SMARTS) is 1. The van der Waals surface area contributed by atoms with Crippen LogP contribution in [0.5, 0.6) is 11.5 Å². The molecule has 1 heterocycles. The van der Waals surface area contributed by atoms with E-state index in [9.17, 15) is 14.3 Å². The van der Waals surface area contributed by atoms with E-state index >= 15 is 0 Å². The standard InChI is InChI=1S/C27H28FNO4/c1-16-12-19(8-10-21(16)27(30)31)23-14-20(33-25-7-5-4-6-22(23)25)15-29-17(2)18-9-11-24(28)26(13-18)32-3/h4-13,17,20,23,29H,14-15H2,1-3H3,(H,30,31)/t17-,20-,23+/m1/s1. The molecular weight excluding hydrogens is 421 g/mol. The fourth-order valence-corrected chi connectivity index (χ4v) is 4.45. The number of benzene rings is 3. The average molecular weight is 450 g/mol. The molecule has 3 atom stereocenters. The van der Waals surface area contributed by atoms with E-state index in [1.807, 2.05) is 44.2 Å². The highest BCUT2D eigenvalue weighted by molar-refractivity contribution is 5.89. The summed E-state index contributed by atoms with van der Waals surface area (Å²) in [5, 5.41) is 12.9. The number of halogens is 1. The summed E-state index contributed by atoms with van der Waals surface area (Å²) in [6.45, 7) is 4.46. The van der Waals surface area contributed by atoms with Gasteiger partial charge in [-0.05, 0) is 61.2 Å². The predicted octanol–water partition coefficient (Wildman–Crippen LogP) is 5.47. The zero-order valence-corrected chi connectivity index (χ0v) is 19.0. The highest BCUT2D eigenvalue weighted by atomic mass is 19.1. The zero-order valence-electron chi connectivity index (χ0n) is 19.0. The fraction of sp³-hybridized carbons (Fsp3) is 0.296. The number of carbonyl (C=O) groups is 1. The average Bonchev–Trinajstić information content (AvgIpc) is 2.82. The number of hydrogen-bond donors (Lipinski definition) is 2. The molecule has 0 saturated carbocycles. The molecule has 1 aliphatic heterocycles. The Morgan fingerprint density at radius 3 is 2.73 bits per heavy atom. The molecular formula is C27H28FNO4. The van der Waals surface area contributed by atoms with Crippen molar-refractivity contribution in [3.8, 4) is 11.5 Å². The first-order valence-corrected chi connectivity index (χ1v) is 11.0. The number of methoxy groups -OCH3 is 1. The number of para-hydroxylation sites is 1. The number of ether oxygens (including phenoxy) is 2. The third kappa shape index (κ3) is 4.86. The van der Waals surface area contributed by atoms with Gasteiger partial charge in [0.1, 0.15) is 11.9 Å². The molecule has 1 aliphatic rings. The molecule has 0 bridgehead atoms. The molecule has 5 nitrogen and oxygen atoms in total. The van der Waals surface area contributed by atoms with Gasteiger partial charge in [-0.15, -0.1) is 0 Å². The maximum atomic E-state index is 13.8. The molecule has 0 radical (unpaired) electrons. The smallest absolute Gasteiger partial charge is 0.335 e. The van der Waals surface area contributed by atoms with E-state index in [2.05, 4.69) is 11.4 Å². The van der Waals surface area contributed by atoms with Crippen LogP contribution in [0.15, 0.2) is 60.7 Å². The highest BCUT2D eigenvalue weighted by Gasteiger charge is 2.30. The lowest BCUT2D eigenvalue weighted by Gasteiger charge is -2.33. The number of rotatable bonds is 7. The van der Waals surface area contributed by atoms with Gasteiger partial charge in [-0.1, -0.05) is 36.4 Å². The summed E-state index contributed by atoms with van der Waals surface area (Å²) in [5.74, 6) is -0.127. The summed E-state index contributed by atoms with van der Waals surface area (Å²) in [4.78, 5) is 11.4. The van der Waals surface area contributed by atoms with Crippen molar-refractivity contribution in [1.29, 1.82) is 0 Å². The second-order valence-electron chi connectivity index (χ2n) is 8.47. The first kappa shape index (κ1) is 22.8. The Morgan fingerprint density at radius 1 is 1.21 bits per heavy atom. The summed E-state index contributed by atoms with van der Waals surface area (Å²) in [7, 11) is 1.46. The van der Waals surface area contributed by atoms with E-state index in [4.69, 9.17) is 9.47 Å². The molecule has 0 spiro atoms. The van der Waals surface area contributed by atoms with Gasteiger partial charge in [-0.25, -0.2) is 9.18 Å². The molecule has 33 heavy (non-hydrogen) atoms. The lowest BCUT2D eigenvalue weighted by atomic mass is 9.83. The summed E-state index contributed by atoms with van der Waals surface area (Å²) >= 11 is 0. The summed E-state index contributed by atoms with van der Waals surface area (Å²) < 4.78 is 25.1. The van der Waals surface area contributed by atoms with Gasteiger partial charge in [-0.2, -0.15) is 0 Å². The number of carboxylic acids is 1. The van der Waals surface area contributed by atoms with Crippen LogP contribution in [-0.4, -0.2) is 30.8 Å². The van der Waals surface area contributed by atoms with E-state index in [0.717, 1.165) is 34.4 Å². The third-order valence-corrected chi connectivity index (χ3v) is 6.30. The molecule has 172 valence electrons. The van der Waals surface area contributed by atoms with Crippen molar-refractivity contribution < 1.29 is 23.8 Å². The number of nitrogens with one attached hydrogen (secondary N) is 1. The zero-order chi connectivity index (χ0) is 23.5. The SMILES string of the molecule is COc1cc([C@@H](C)NC[C@H]2C[C@@H](c3ccc(C(=O)O)c(C)c3)c3ccccc3O2)ccc1F. The molecule has 0 fully saturated rings. The molecule has 0 amide bonds. The molecule has 0 aliphatic carbocycles. The largest absolute Gasteiger partial charge is 0.494 e. The number of aromatic carboxylic acids is 1. The van der Waals surface area contributed by atoms with E-state index in [1.165, 1.54) is 13.2 Å². The van der Waals surface area contributed by atoms with Crippen LogP contribution in [-0.2, 0) is 0 Å². The third-order valence-electron chi connectivity index (χ3n) is 6.30. The minimum atomic E-state index is -0.917. The topological polar surface area (TPSA) is 67.8 Å². The van der Waals surface area contributed by atoms with Gasteiger partial charge in [0.05, 0.1) is 12.7 Å². The maximum absolute atomic E-state index is 13.8. The Kier molecular flexibility index (Phi) is 6.65. The lowest BCUT2D eigenvalue weighted by molar-refractivity contribution is 0.0696. The van der Waals surface area contributed by atoms with Gasteiger partial charge < -0.3 is 19.9 Å². The minimum absolute atomic E-state index is 0.0178. The van der Waals surface area contributed by atoms with Crippen LogP contribution >= 0.6 is 0 Å². The Balaban J connectivity index is 1.53. The molecule has 2 N–H and O–H groups in total. The predicted molar refractivity (Wildman–Crippen MR) is 125 cm³/mol. The number of aryl methyl sites for hydroxylation is 1. The van der Waals surface area contributed by atoms with Crippen molar-refractivity contribution in [2.24, 2.45) is 0 Å². The van der Waals surface area contributed by atoms with E-state index in [1.54, 1.807) is 18.2 Å². The van der Waals surface area contributed by atoms with Crippen molar-refractivity contribution in [1.82, 2.24) is 5.32 Å². The molecule has 6 heteroatoms. The molecule has 0 unspecified atom stereocenters. The first-order valence-electron chi connectivity index (χ1n) is 11.0. The second-order valence-corrected chi connectivity index (χ2v) is 8.47. The lowest BCUT2D eigenvalue weighted by Crippen LogP contribution is -2.37. The Labute approximate surface area is 193 Å². The molecule has 3 aromatic carbocycles. The van der Waals surface area contributed by atoms with E-state index in [0.29, 0.717) is 12.1 Å².